The van der Waals surface area contributed by atoms with Crippen molar-refractivity contribution in [3.63, 3.8) is 0 Å². The summed E-state index contributed by atoms with van der Waals surface area (Å²) >= 11 is 3.70. The highest BCUT2D eigenvalue weighted by Crippen LogP contribution is 2.39. The summed E-state index contributed by atoms with van der Waals surface area (Å²) in [6, 6.07) is 10.2. The largest absolute Gasteiger partial charge is 0.229 e. The molecule has 1 aromatic carbocycles. The molecule has 0 spiro atoms. The van der Waals surface area contributed by atoms with E-state index in [0.29, 0.717) is 17.4 Å². The smallest absolute Gasteiger partial charge is 0.150 e. The van der Waals surface area contributed by atoms with Crippen LogP contribution in [0, 0.1) is 11.8 Å². The Hall–Kier alpha value is -0.350. The maximum absolute atomic E-state index is 11.5. The van der Waals surface area contributed by atoms with Gasteiger partial charge >= 0.3 is 0 Å². The zero-order valence-corrected chi connectivity index (χ0v) is 12.2. The van der Waals surface area contributed by atoms with Crippen molar-refractivity contribution in [1.82, 2.24) is 0 Å². The Morgan fingerprint density at radius 2 is 1.94 bits per heavy atom. The maximum Gasteiger partial charge on any atom is 0.150 e. The van der Waals surface area contributed by atoms with Crippen LogP contribution in [0.15, 0.2) is 30.3 Å². The maximum atomic E-state index is 11.5. The van der Waals surface area contributed by atoms with Crippen LogP contribution in [0.5, 0.6) is 0 Å². The normalized spacial score (nSPS) is 26.6. The fourth-order valence-electron chi connectivity index (χ4n) is 2.42. The second-order valence-electron chi connectivity index (χ2n) is 4.83. The molecule has 1 saturated heterocycles. The van der Waals surface area contributed by atoms with Crippen molar-refractivity contribution in [1.29, 1.82) is 0 Å². The highest BCUT2D eigenvalue weighted by Gasteiger charge is 2.34. The van der Waals surface area contributed by atoms with Gasteiger partial charge in [0.1, 0.15) is 0 Å². The molecule has 0 saturated carbocycles. The number of hydrogen-bond donors (Lipinski definition) is 0. The minimum atomic E-state index is -2.78. The van der Waals surface area contributed by atoms with Crippen molar-refractivity contribution >= 4 is 25.8 Å². The van der Waals surface area contributed by atoms with Gasteiger partial charge in [-0.15, -0.1) is 0 Å². The molecule has 1 aliphatic heterocycles. The van der Waals surface area contributed by atoms with Gasteiger partial charge in [-0.2, -0.15) is 0 Å². The van der Waals surface area contributed by atoms with E-state index in [1.807, 2.05) is 18.2 Å². The molecule has 2 nitrogen and oxygen atoms in total. The molecule has 0 aromatic heterocycles. The van der Waals surface area contributed by atoms with Crippen LogP contribution in [-0.2, 0) is 9.84 Å². The van der Waals surface area contributed by atoms with Gasteiger partial charge in [0.25, 0.3) is 0 Å². The van der Waals surface area contributed by atoms with E-state index in [-0.39, 0.29) is 10.7 Å². The van der Waals surface area contributed by atoms with Crippen LogP contribution in [0.2, 0.25) is 0 Å². The highest BCUT2D eigenvalue weighted by atomic mass is 79.9. The fourth-order valence-corrected chi connectivity index (χ4v) is 5.11. The van der Waals surface area contributed by atoms with E-state index in [1.165, 1.54) is 5.56 Å². The predicted molar refractivity (Wildman–Crippen MR) is 74.0 cm³/mol. The third-order valence-electron chi connectivity index (χ3n) is 3.59. The first kappa shape index (κ1) is 13.1. The Balaban J connectivity index is 2.08. The molecule has 0 N–H and O–H groups in total. The monoisotopic (exact) mass is 316 g/mol. The zero-order valence-electron chi connectivity index (χ0n) is 9.84. The number of alkyl halides is 1. The Bertz CT molecular complexity index is 469. The minimum Gasteiger partial charge on any atom is -0.229 e. The van der Waals surface area contributed by atoms with Crippen LogP contribution in [0.3, 0.4) is 0 Å². The molecule has 1 heterocycles. The number of benzene rings is 1. The topological polar surface area (TPSA) is 34.1 Å². The first-order valence-electron chi connectivity index (χ1n) is 5.89. The van der Waals surface area contributed by atoms with Gasteiger partial charge in [0.2, 0.25) is 0 Å². The summed E-state index contributed by atoms with van der Waals surface area (Å²) in [5, 5.41) is 0. The third kappa shape index (κ3) is 3.10. The highest BCUT2D eigenvalue weighted by molar-refractivity contribution is 9.09. The lowest BCUT2D eigenvalue weighted by atomic mass is 9.88. The van der Waals surface area contributed by atoms with Crippen molar-refractivity contribution in [3.05, 3.63) is 35.9 Å². The molecule has 0 bridgehead atoms. The van der Waals surface area contributed by atoms with Crippen molar-refractivity contribution in [2.75, 3.05) is 11.5 Å². The zero-order chi connectivity index (χ0) is 12.5. The van der Waals surface area contributed by atoms with Gasteiger partial charge in [-0.1, -0.05) is 53.2 Å². The minimum absolute atomic E-state index is 0.238. The Kier molecular flexibility index (Phi) is 3.93. The molecule has 1 fully saturated rings. The molecule has 0 amide bonds. The van der Waals surface area contributed by atoms with E-state index < -0.39 is 9.84 Å². The molecule has 0 radical (unpaired) electrons. The molecular formula is C13H17BrO2S. The lowest BCUT2D eigenvalue weighted by Crippen LogP contribution is -2.17. The lowest BCUT2D eigenvalue weighted by Gasteiger charge is -2.23. The number of hydrogen-bond acceptors (Lipinski definition) is 2. The van der Waals surface area contributed by atoms with Crippen LogP contribution in [0.25, 0.3) is 0 Å². The molecule has 4 heteroatoms. The Morgan fingerprint density at radius 1 is 1.29 bits per heavy atom. The molecular weight excluding hydrogens is 300 g/mol. The average molecular weight is 317 g/mol. The Labute approximate surface area is 111 Å². The Morgan fingerprint density at radius 3 is 2.47 bits per heavy atom. The fraction of sp³-hybridized carbons (Fsp3) is 0.538. The van der Waals surface area contributed by atoms with Gasteiger partial charge in [-0.3, -0.25) is 0 Å². The van der Waals surface area contributed by atoms with E-state index in [4.69, 9.17) is 0 Å². The van der Waals surface area contributed by atoms with E-state index >= 15 is 0 Å². The summed E-state index contributed by atoms with van der Waals surface area (Å²) in [4.78, 5) is 0.238. The van der Waals surface area contributed by atoms with Crippen LogP contribution < -0.4 is 0 Å². The summed E-state index contributed by atoms with van der Waals surface area (Å²) in [6.07, 6.45) is 0.804. The van der Waals surface area contributed by atoms with Gasteiger partial charge in [0, 0.05) is 4.83 Å². The molecule has 2 rings (SSSR count). The summed E-state index contributed by atoms with van der Waals surface area (Å²) in [5.41, 5.74) is 1.23. The number of halogens is 1. The van der Waals surface area contributed by atoms with E-state index in [0.717, 1.165) is 6.42 Å². The second kappa shape index (κ2) is 5.11. The second-order valence-corrected chi connectivity index (χ2v) is 8.05. The molecule has 17 heavy (non-hydrogen) atoms. The van der Waals surface area contributed by atoms with Gasteiger partial charge in [-0.05, 0) is 23.8 Å². The average Bonchev–Trinajstić information content (AvgIpc) is 2.69. The predicted octanol–water partition coefficient (Wildman–Crippen LogP) is 3.19. The number of sulfone groups is 1. The van der Waals surface area contributed by atoms with Crippen molar-refractivity contribution in [3.8, 4) is 0 Å². The van der Waals surface area contributed by atoms with Crippen LogP contribution in [-0.4, -0.2) is 19.9 Å². The van der Waals surface area contributed by atoms with Gasteiger partial charge in [0.05, 0.1) is 11.5 Å². The SMILES string of the molecule is CC(C1CCS(=O)(=O)C1)C(Br)c1ccccc1. The van der Waals surface area contributed by atoms with Gasteiger partial charge in [-0.25, -0.2) is 8.42 Å². The third-order valence-corrected chi connectivity index (χ3v) is 6.75. The molecule has 3 unspecified atom stereocenters. The van der Waals surface area contributed by atoms with Crippen molar-refractivity contribution < 1.29 is 8.42 Å². The summed E-state index contributed by atoms with van der Waals surface area (Å²) in [5.74, 6) is 1.33. The standard InChI is InChI=1S/C13H17BrO2S/c1-10(12-7-8-17(15,16)9-12)13(14)11-5-3-2-4-6-11/h2-6,10,12-13H,7-9H2,1H3. The first-order valence-corrected chi connectivity index (χ1v) is 8.63. The van der Waals surface area contributed by atoms with E-state index in [2.05, 4.69) is 35.0 Å². The lowest BCUT2D eigenvalue weighted by molar-refractivity contribution is 0.391. The molecule has 1 aliphatic rings. The van der Waals surface area contributed by atoms with Crippen molar-refractivity contribution in [2.45, 2.75) is 18.2 Å². The van der Waals surface area contributed by atoms with Crippen LogP contribution in [0.1, 0.15) is 23.7 Å². The summed E-state index contributed by atoms with van der Waals surface area (Å²) in [7, 11) is -2.78. The van der Waals surface area contributed by atoms with Gasteiger partial charge in [0.15, 0.2) is 9.84 Å². The molecule has 1 aromatic rings. The molecule has 3 atom stereocenters. The van der Waals surface area contributed by atoms with Crippen LogP contribution >= 0.6 is 15.9 Å². The van der Waals surface area contributed by atoms with E-state index in [1.54, 1.807) is 0 Å². The molecule has 94 valence electrons. The van der Waals surface area contributed by atoms with Crippen LogP contribution in [0.4, 0.5) is 0 Å². The summed E-state index contributed by atoms with van der Waals surface area (Å²) in [6.45, 7) is 2.14. The first-order chi connectivity index (χ1) is 7.99. The quantitative estimate of drug-likeness (QED) is 0.802. The summed E-state index contributed by atoms with van der Waals surface area (Å²) < 4.78 is 23.0. The van der Waals surface area contributed by atoms with Crippen molar-refractivity contribution in [2.24, 2.45) is 11.8 Å². The number of rotatable bonds is 3. The van der Waals surface area contributed by atoms with E-state index in [9.17, 15) is 8.42 Å². The van der Waals surface area contributed by atoms with Gasteiger partial charge < -0.3 is 0 Å². The molecule has 0 aliphatic carbocycles.